The lowest BCUT2D eigenvalue weighted by atomic mass is 9.91. The number of carbonyl (C=O) groups is 2. The number of nitrogens with one attached hydrogen (secondary N) is 2. The van der Waals surface area contributed by atoms with E-state index in [0.29, 0.717) is 13.2 Å². The van der Waals surface area contributed by atoms with Crippen molar-refractivity contribution < 1.29 is 14.3 Å². The molecule has 0 saturated heterocycles. The molecule has 5 heteroatoms. The van der Waals surface area contributed by atoms with Crippen molar-refractivity contribution in [2.24, 2.45) is 5.41 Å². The van der Waals surface area contributed by atoms with E-state index in [1.807, 2.05) is 44.2 Å². The third-order valence-electron chi connectivity index (χ3n) is 3.25. The van der Waals surface area contributed by atoms with Gasteiger partial charge in [-0.1, -0.05) is 30.3 Å². The Bertz CT molecular complexity index is 472. The van der Waals surface area contributed by atoms with Gasteiger partial charge in [-0.05, 0) is 26.3 Å². The van der Waals surface area contributed by atoms with Crippen molar-refractivity contribution in [1.82, 2.24) is 10.6 Å². The van der Waals surface area contributed by atoms with E-state index < -0.39 is 11.5 Å². The minimum atomic E-state index is -0.617. The van der Waals surface area contributed by atoms with Crippen LogP contribution < -0.4 is 10.6 Å². The average Bonchev–Trinajstić information content (AvgIpc) is 2.47. The lowest BCUT2D eigenvalue weighted by molar-refractivity contribution is -0.146. The van der Waals surface area contributed by atoms with Gasteiger partial charge in [-0.2, -0.15) is 0 Å². The van der Waals surface area contributed by atoms with E-state index >= 15 is 0 Å². The van der Waals surface area contributed by atoms with Crippen molar-refractivity contribution in [1.29, 1.82) is 0 Å². The maximum Gasteiger partial charge on any atom is 0.327 e. The minimum absolute atomic E-state index is 0.0781. The molecule has 21 heavy (non-hydrogen) atoms. The van der Waals surface area contributed by atoms with Gasteiger partial charge >= 0.3 is 5.97 Å². The molecule has 0 fully saturated rings. The van der Waals surface area contributed by atoms with E-state index in [4.69, 9.17) is 4.74 Å². The summed E-state index contributed by atoms with van der Waals surface area (Å²) in [4.78, 5) is 23.9. The van der Waals surface area contributed by atoms with Crippen molar-refractivity contribution in [3.63, 3.8) is 0 Å². The molecule has 1 amide bonds. The zero-order chi connectivity index (χ0) is 15.9. The highest BCUT2D eigenvalue weighted by atomic mass is 16.5. The average molecular weight is 292 g/mol. The first-order chi connectivity index (χ1) is 9.92. The summed E-state index contributed by atoms with van der Waals surface area (Å²) in [5, 5.41) is 5.77. The maximum absolute atomic E-state index is 12.1. The topological polar surface area (TPSA) is 67.4 Å². The summed E-state index contributed by atoms with van der Waals surface area (Å²) in [5.41, 5.74) is 0.206. The van der Waals surface area contributed by atoms with E-state index in [0.717, 1.165) is 5.56 Å². The maximum atomic E-state index is 12.1. The number of carbonyl (C=O) groups excluding carboxylic acids is 2. The zero-order valence-electron chi connectivity index (χ0n) is 13.1. The van der Waals surface area contributed by atoms with Crippen LogP contribution in [0.15, 0.2) is 30.3 Å². The monoisotopic (exact) mass is 292 g/mol. The molecule has 5 nitrogen and oxygen atoms in total. The van der Waals surface area contributed by atoms with E-state index in [1.54, 1.807) is 14.0 Å². The number of rotatable bonds is 7. The van der Waals surface area contributed by atoms with Gasteiger partial charge in [0.1, 0.15) is 6.04 Å². The van der Waals surface area contributed by atoms with Crippen molar-refractivity contribution in [3.8, 4) is 0 Å². The summed E-state index contributed by atoms with van der Waals surface area (Å²) >= 11 is 0. The van der Waals surface area contributed by atoms with Crippen LogP contribution in [0.1, 0.15) is 32.4 Å². The second-order valence-electron chi connectivity index (χ2n) is 5.44. The Morgan fingerprint density at radius 2 is 1.86 bits per heavy atom. The highest BCUT2D eigenvalue weighted by Crippen LogP contribution is 2.19. The SMILES string of the molecule is CCOC(=O)C(NCC(C)(C)C(=O)NC)c1ccccc1. The molecule has 0 aliphatic heterocycles. The molecule has 0 heterocycles. The number of esters is 1. The molecule has 1 aromatic rings. The Balaban J connectivity index is 2.84. The van der Waals surface area contributed by atoms with Crippen LogP contribution in [-0.4, -0.2) is 32.1 Å². The number of benzene rings is 1. The lowest BCUT2D eigenvalue weighted by Gasteiger charge is -2.26. The second-order valence-corrected chi connectivity index (χ2v) is 5.44. The van der Waals surface area contributed by atoms with Crippen molar-refractivity contribution >= 4 is 11.9 Å². The molecule has 1 aromatic carbocycles. The summed E-state index contributed by atoms with van der Waals surface area (Å²) in [6, 6.07) is 8.78. The third-order valence-corrected chi connectivity index (χ3v) is 3.25. The van der Waals surface area contributed by atoms with Gasteiger partial charge in [0.05, 0.1) is 12.0 Å². The van der Waals surface area contributed by atoms with Crippen LogP contribution >= 0.6 is 0 Å². The fraction of sp³-hybridized carbons (Fsp3) is 0.500. The standard InChI is InChI=1S/C16H24N2O3/c1-5-21-14(19)13(12-9-7-6-8-10-12)18-11-16(2,3)15(20)17-4/h6-10,13,18H,5,11H2,1-4H3,(H,17,20). The normalized spacial score (nSPS) is 12.6. The molecule has 0 radical (unpaired) electrons. The smallest absolute Gasteiger partial charge is 0.327 e. The summed E-state index contributed by atoms with van der Waals surface area (Å²) in [7, 11) is 1.60. The molecule has 0 aliphatic rings. The van der Waals surface area contributed by atoms with Crippen LogP contribution in [0.25, 0.3) is 0 Å². The van der Waals surface area contributed by atoms with E-state index in [1.165, 1.54) is 0 Å². The van der Waals surface area contributed by atoms with E-state index in [9.17, 15) is 9.59 Å². The van der Waals surface area contributed by atoms with Crippen LogP contribution in [0.5, 0.6) is 0 Å². The first-order valence-corrected chi connectivity index (χ1v) is 7.09. The van der Waals surface area contributed by atoms with Gasteiger partial charge in [0.15, 0.2) is 0 Å². The minimum Gasteiger partial charge on any atom is -0.465 e. The fourth-order valence-corrected chi connectivity index (χ4v) is 1.98. The number of hydrogen-bond acceptors (Lipinski definition) is 4. The highest BCUT2D eigenvalue weighted by Gasteiger charge is 2.30. The van der Waals surface area contributed by atoms with Crippen LogP contribution in [0.2, 0.25) is 0 Å². The summed E-state index contributed by atoms with van der Waals surface area (Å²) in [6.07, 6.45) is 0. The van der Waals surface area contributed by atoms with Crippen LogP contribution in [0.3, 0.4) is 0 Å². The largest absolute Gasteiger partial charge is 0.465 e. The molecule has 0 aromatic heterocycles. The van der Waals surface area contributed by atoms with Gasteiger partial charge in [-0.3, -0.25) is 10.1 Å². The summed E-state index contributed by atoms with van der Waals surface area (Å²) < 4.78 is 5.11. The Hall–Kier alpha value is -1.88. The number of hydrogen-bond donors (Lipinski definition) is 2. The Kier molecular flexibility index (Phi) is 6.37. The quantitative estimate of drug-likeness (QED) is 0.750. The van der Waals surface area contributed by atoms with Gasteiger partial charge in [0.2, 0.25) is 5.91 Å². The molecule has 1 rings (SSSR count). The first kappa shape index (κ1) is 17.2. The van der Waals surface area contributed by atoms with E-state index in [2.05, 4.69) is 10.6 Å². The van der Waals surface area contributed by atoms with Gasteiger partial charge in [-0.15, -0.1) is 0 Å². The molecular weight excluding hydrogens is 268 g/mol. The Labute approximate surface area is 126 Å². The van der Waals surface area contributed by atoms with Crippen molar-refractivity contribution in [3.05, 3.63) is 35.9 Å². The molecule has 2 N–H and O–H groups in total. The number of amides is 1. The van der Waals surface area contributed by atoms with Gasteiger partial charge in [0.25, 0.3) is 0 Å². The van der Waals surface area contributed by atoms with Gasteiger partial charge in [0, 0.05) is 13.6 Å². The Morgan fingerprint density at radius 3 is 2.38 bits per heavy atom. The molecule has 1 atom stereocenters. The predicted molar refractivity (Wildman–Crippen MR) is 81.7 cm³/mol. The van der Waals surface area contributed by atoms with Crippen LogP contribution in [0, 0.1) is 5.41 Å². The molecule has 0 aliphatic carbocycles. The van der Waals surface area contributed by atoms with Gasteiger partial charge in [-0.25, -0.2) is 4.79 Å². The lowest BCUT2D eigenvalue weighted by Crippen LogP contribution is -2.44. The number of ether oxygens (including phenoxy) is 1. The second kappa shape index (κ2) is 7.78. The summed E-state index contributed by atoms with van der Waals surface area (Å²) in [5.74, 6) is -0.415. The molecule has 1 unspecified atom stereocenters. The first-order valence-electron chi connectivity index (χ1n) is 7.09. The summed E-state index contributed by atoms with van der Waals surface area (Å²) in [6.45, 7) is 6.11. The molecule has 0 saturated carbocycles. The third kappa shape index (κ3) is 4.86. The van der Waals surface area contributed by atoms with Crippen LogP contribution in [-0.2, 0) is 14.3 Å². The molecule has 116 valence electrons. The zero-order valence-corrected chi connectivity index (χ0v) is 13.1. The fourth-order valence-electron chi connectivity index (χ4n) is 1.98. The predicted octanol–water partition coefficient (Wildman–Crippen LogP) is 1.65. The molecular formula is C16H24N2O3. The molecule has 0 bridgehead atoms. The highest BCUT2D eigenvalue weighted by molar-refractivity contribution is 5.82. The van der Waals surface area contributed by atoms with Gasteiger partial charge < -0.3 is 10.1 Å². The van der Waals surface area contributed by atoms with Crippen LogP contribution in [0.4, 0.5) is 0 Å². The van der Waals surface area contributed by atoms with Crippen molar-refractivity contribution in [2.45, 2.75) is 26.8 Å². The van der Waals surface area contributed by atoms with Crippen molar-refractivity contribution in [2.75, 3.05) is 20.2 Å². The van der Waals surface area contributed by atoms with E-state index in [-0.39, 0.29) is 11.9 Å². The Morgan fingerprint density at radius 1 is 1.24 bits per heavy atom. The molecule has 0 spiro atoms.